The molecule has 0 aliphatic heterocycles. The number of fused-ring (bicyclic) bond motifs is 1. The number of aryl methyl sites for hydroxylation is 1. The Morgan fingerprint density at radius 2 is 2.28 bits per heavy atom. The second-order valence-corrected chi connectivity index (χ2v) is 5.23. The molecule has 0 aromatic carbocycles. The van der Waals surface area contributed by atoms with Crippen LogP contribution >= 0.6 is 11.3 Å². The summed E-state index contributed by atoms with van der Waals surface area (Å²) in [4.78, 5) is 27.0. The van der Waals surface area contributed by atoms with Gasteiger partial charge in [-0.2, -0.15) is 0 Å². The van der Waals surface area contributed by atoms with Crippen LogP contribution in [0.2, 0.25) is 0 Å². The largest absolute Gasteiger partial charge is 0.479 e. The average molecular weight is 268 g/mol. The van der Waals surface area contributed by atoms with Gasteiger partial charge in [0.1, 0.15) is 4.70 Å². The van der Waals surface area contributed by atoms with Crippen molar-refractivity contribution in [1.82, 2.24) is 9.55 Å². The summed E-state index contributed by atoms with van der Waals surface area (Å²) >= 11 is 1.26. The minimum Gasteiger partial charge on any atom is -0.479 e. The van der Waals surface area contributed by atoms with E-state index in [1.54, 1.807) is 0 Å². The third-order valence-corrected chi connectivity index (χ3v) is 3.74. The van der Waals surface area contributed by atoms with E-state index in [1.165, 1.54) is 17.7 Å². The number of aromatic nitrogens is 2. The maximum atomic E-state index is 12.1. The molecule has 96 valence electrons. The molecule has 1 unspecified atom stereocenters. The normalized spacial score (nSPS) is 14.6. The van der Waals surface area contributed by atoms with Gasteiger partial charge in [0.25, 0.3) is 5.56 Å². The van der Waals surface area contributed by atoms with Gasteiger partial charge < -0.3 is 10.2 Å². The fourth-order valence-electron chi connectivity index (χ4n) is 1.57. The van der Waals surface area contributed by atoms with Crippen LogP contribution in [0, 0.1) is 6.92 Å². The molecule has 0 aliphatic carbocycles. The van der Waals surface area contributed by atoms with E-state index < -0.39 is 11.6 Å². The molecule has 0 aliphatic rings. The molecule has 2 N–H and O–H groups in total. The fraction of sp³-hybridized carbons (Fsp3) is 0.364. The molecule has 6 nitrogen and oxygen atoms in total. The summed E-state index contributed by atoms with van der Waals surface area (Å²) in [6.45, 7) is 2.66. The lowest BCUT2D eigenvalue weighted by Crippen LogP contribution is -2.42. The molecule has 18 heavy (non-hydrogen) atoms. The molecule has 0 bridgehead atoms. The molecule has 0 radical (unpaired) electrons. The Morgan fingerprint density at radius 1 is 1.61 bits per heavy atom. The summed E-state index contributed by atoms with van der Waals surface area (Å²) in [5, 5.41) is 20.3. The van der Waals surface area contributed by atoms with E-state index >= 15 is 0 Å². The number of hydrogen-bond acceptors (Lipinski definition) is 5. The molecule has 0 saturated carbocycles. The minimum absolute atomic E-state index is 0.332. The van der Waals surface area contributed by atoms with Crippen molar-refractivity contribution < 1.29 is 15.0 Å². The van der Waals surface area contributed by atoms with Crippen molar-refractivity contribution in [3.05, 3.63) is 27.6 Å². The molecule has 2 aromatic rings. The van der Waals surface area contributed by atoms with Gasteiger partial charge in [-0.3, -0.25) is 9.36 Å². The van der Waals surface area contributed by atoms with Crippen molar-refractivity contribution >= 4 is 27.5 Å². The van der Waals surface area contributed by atoms with E-state index in [2.05, 4.69) is 4.98 Å². The van der Waals surface area contributed by atoms with Gasteiger partial charge in [-0.15, -0.1) is 11.3 Å². The molecular weight excluding hydrogens is 256 g/mol. The van der Waals surface area contributed by atoms with Gasteiger partial charge in [0.2, 0.25) is 0 Å². The van der Waals surface area contributed by atoms with Crippen LogP contribution in [0.25, 0.3) is 10.2 Å². The minimum atomic E-state index is -1.99. The molecule has 7 heteroatoms. The Morgan fingerprint density at radius 3 is 2.89 bits per heavy atom. The highest BCUT2D eigenvalue weighted by Crippen LogP contribution is 2.19. The highest BCUT2D eigenvalue weighted by molar-refractivity contribution is 7.17. The molecular formula is C11H12N2O4S. The zero-order chi connectivity index (χ0) is 13.5. The average Bonchev–Trinajstić information content (AvgIpc) is 2.65. The lowest BCUT2D eigenvalue weighted by atomic mass is 10.1. The number of carboxylic acid groups (broad SMARTS) is 1. The van der Waals surface area contributed by atoms with Gasteiger partial charge in [0.05, 0.1) is 18.4 Å². The Balaban J connectivity index is 2.51. The van der Waals surface area contributed by atoms with Crippen molar-refractivity contribution in [2.45, 2.75) is 26.0 Å². The predicted molar refractivity (Wildman–Crippen MR) is 66.9 cm³/mol. The van der Waals surface area contributed by atoms with Crippen LogP contribution in [0.4, 0.5) is 0 Å². The van der Waals surface area contributed by atoms with Gasteiger partial charge in [-0.05, 0) is 24.8 Å². The zero-order valence-electron chi connectivity index (χ0n) is 9.88. The standard InChI is InChI=1S/C11H12N2O4S/c1-6-3-18-8-7(6)12-5-13(9(8)14)4-11(2,17)10(15)16/h3,5,17H,4H2,1-2H3,(H,15,16). The van der Waals surface area contributed by atoms with E-state index in [0.29, 0.717) is 10.2 Å². The fourth-order valence-corrected chi connectivity index (χ4v) is 2.52. The van der Waals surface area contributed by atoms with Gasteiger partial charge in [0.15, 0.2) is 5.60 Å². The highest BCUT2D eigenvalue weighted by atomic mass is 32.1. The van der Waals surface area contributed by atoms with Crippen LogP contribution in [-0.2, 0) is 11.3 Å². The Hall–Kier alpha value is -1.73. The molecule has 1 atom stereocenters. The van der Waals surface area contributed by atoms with E-state index in [0.717, 1.165) is 17.1 Å². The van der Waals surface area contributed by atoms with Gasteiger partial charge in [-0.25, -0.2) is 9.78 Å². The van der Waals surface area contributed by atoms with Crippen LogP contribution in [0.3, 0.4) is 0 Å². The zero-order valence-corrected chi connectivity index (χ0v) is 10.7. The smallest absolute Gasteiger partial charge is 0.337 e. The number of carboxylic acids is 1. The first-order valence-corrected chi connectivity index (χ1v) is 6.10. The first-order chi connectivity index (χ1) is 8.33. The molecule has 2 rings (SSSR count). The second-order valence-electron chi connectivity index (χ2n) is 4.35. The number of carbonyl (C=O) groups is 1. The van der Waals surface area contributed by atoms with E-state index in [-0.39, 0.29) is 12.1 Å². The lowest BCUT2D eigenvalue weighted by Gasteiger charge is -2.18. The van der Waals surface area contributed by atoms with Crippen LogP contribution < -0.4 is 5.56 Å². The maximum absolute atomic E-state index is 12.1. The van der Waals surface area contributed by atoms with Crippen LogP contribution in [-0.4, -0.2) is 31.3 Å². The summed E-state index contributed by atoms with van der Waals surface area (Å²) in [6, 6.07) is 0. The quantitative estimate of drug-likeness (QED) is 0.850. The lowest BCUT2D eigenvalue weighted by molar-refractivity contribution is -0.157. The van der Waals surface area contributed by atoms with Crippen molar-refractivity contribution in [2.75, 3.05) is 0 Å². The molecule has 2 aromatic heterocycles. The molecule has 2 heterocycles. The summed E-state index contributed by atoms with van der Waals surface area (Å²) < 4.78 is 1.59. The van der Waals surface area contributed by atoms with E-state index in [4.69, 9.17) is 5.11 Å². The number of rotatable bonds is 3. The van der Waals surface area contributed by atoms with Crippen molar-refractivity contribution in [3.63, 3.8) is 0 Å². The molecule has 0 fully saturated rings. The number of hydrogen-bond donors (Lipinski definition) is 2. The number of thiophene rings is 1. The third-order valence-electron chi connectivity index (χ3n) is 2.66. The SMILES string of the molecule is Cc1csc2c(=O)n(CC(C)(O)C(=O)O)cnc12. The van der Waals surface area contributed by atoms with E-state index in [1.807, 2.05) is 12.3 Å². The van der Waals surface area contributed by atoms with Crippen LogP contribution in [0.1, 0.15) is 12.5 Å². The van der Waals surface area contributed by atoms with Crippen molar-refractivity contribution in [2.24, 2.45) is 0 Å². The van der Waals surface area contributed by atoms with Gasteiger partial charge in [0, 0.05) is 0 Å². The van der Waals surface area contributed by atoms with Crippen molar-refractivity contribution in [3.8, 4) is 0 Å². The number of aliphatic carboxylic acids is 1. The Kier molecular flexibility index (Phi) is 2.95. The summed E-state index contributed by atoms with van der Waals surface area (Å²) in [5.74, 6) is -1.38. The van der Waals surface area contributed by atoms with E-state index in [9.17, 15) is 14.7 Å². The maximum Gasteiger partial charge on any atom is 0.337 e. The van der Waals surface area contributed by atoms with Crippen LogP contribution in [0.15, 0.2) is 16.5 Å². The highest BCUT2D eigenvalue weighted by Gasteiger charge is 2.31. The van der Waals surface area contributed by atoms with Gasteiger partial charge >= 0.3 is 5.97 Å². The second kappa shape index (κ2) is 4.18. The van der Waals surface area contributed by atoms with Crippen LogP contribution in [0.5, 0.6) is 0 Å². The van der Waals surface area contributed by atoms with Crippen molar-refractivity contribution in [1.29, 1.82) is 0 Å². The summed E-state index contributed by atoms with van der Waals surface area (Å²) in [5.41, 5.74) is -0.800. The predicted octanol–water partition coefficient (Wildman–Crippen LogP) is 0.602. The number of aliphatic hydroxyl groups is 1. The monoisotopic (exact) mass is 268 g/mol. The summed E-state index contributed by atoms with van der Waals surface area (Å²) in [7, 11) is 0. The topological polar surface area (TPSA) is 92.4 Å². The molecule has 0 amide bonds. The summed E-state index contributed by atoms with van der Waals surface area (Å²) in [6.07, 6.45) is 1.27. The molecule has 0 spiro atoms. The first kappa shape index (κ1) is 12.7. The third kappa shape index (κ3) is 2.02. The Labute approximate surface area is 106 Å². The number of nitrogens with zero attached hydrogens (tertiary/aromatic N) is 2. The molecule has 0 saturated heterocycles. The first-order valence-electron chi connectivity index (χ1n) is 5.22. The van der Waals surface area contributed by atoms with Gasteiger partial charge in [-0.1, -0.05) is 0 Å². The Bertz CT molecular complexity index is 671.